The Kier molecular flexibility index (Phi) is 3.98. The highest BCUT2D eigenvalue weighted by molar-refractivity contribution is 6.02. The maximum Gasteiger partial charge on any atom is 0.262 e. The number of hydrogen-bond donors (Lipinski definition) is 1. The van der Waals surface area contributed by atoms with Gasteiger partial charge in [0.1, 0.15) is 34.6 Å². The van der Waals surface area contributed by atoms with Crippen molar-refractivity contribution in [1.29, 1.82) is 10.5 Å². The first-order valence-corrected chi connectivity index (χ1v) is 8.29. The zero-order chi connectivity index (χ0) is 19.8. The third kappa shape index (κ3) is 2.63. The lowest BCUT2D eigenvalue weighted by Gasteiger charge is -2.08. The van der Waals surface area contributed by atoms with Crippen LogP contribution in [0.4, 0.5) is 0 Å². The predicted octanol–water partition coefficient (Wildman–Crippen LogP) is 1.78. The van der Waals surface area contributed by atoms with Gasteiger partial charge in [-0.05, 0) is 24.6 Å². The summed E-state index contributed by atoms with van der Waals surface area (Å²) < 4.78 is 6.90. The minimum atomic E-state index is -0.371. The summed E-state index contributed by atoms with van der Waals surface area (Å²) >= 11 is 0. The van der Waals surface area contributed by atoms with Crippen molar-refractivity contribution in [3.8, 4) is 17.9 Å². The Morgan fingerprint density at radius 1 is 1.07 bits per heavy atom. The van der Waals surface area contributed by atoms with Gasteiger partial charge >= 0.3 is 0 Å². The summed E-state index contributed by atoms with van der Waals surface area (Å²) in [5, 5.41) is 18.8. The summed E-state index contributed by atoms with van der Waals surface area (Å²) in [6.45, 7) is 2.03. The Hall–Kier alpha value is -4.24. The molecule has 0 aliphatic heterocycles. The third-order valence-electron chi connectivity index (χ3n) is 4.36. The van der Waals surface area contributed by atoms with Gasteiger partial charge in [0.2, 0.25) is 0 Å². The van der Waals surface area contributed by atoms with Crippen LogP contribution in [0.1, 0.15) is 22.8 Å². The van der Waals surface area contributed by atoms with E-state index in [2.05, 4.69) is 19.9 Å². The van der Waals surface area contributed by atoms with Gasteiger partial charge in [-0.15, -0.1) is 0 Å². The highest BCUT2D eigenvalue weighted by Crippen LogP contribution is 2.25. The van der Waals surface area contributed by atoms with Crippen molar-refractivity contribution in [2.75, 3.05) is 7.11 Å². The number of aromatic nitrogens is 5. The molecule has 0 radical (unpaired) electrons. The van der Waals surface area contributed by atoms with Gasteiger partial charge in [-0.25, -0.2) is 15.0 Å². The second-order valence-electron chi connectivity index (χ2n) is 6.10. The fourth-order valence-corrected chi connectivity index (χ4v) is 3.08. The van der Waals surface area contributed by atoms with Crippen molar-refractivity contribution in [1.82, 2.24) is 24.5 Å². The molecule has 3 aromatic heterocycles. The van der Waals surface area contributed by atoms with Gasteiger partial charge < -0.3 is 14.3 Å². The molecule has 4 aromatic rings. The molecule has 1 N–H and O–H groups in total. The Morgan fingerprint density at radius 3 is 2.39 bits per heavy atom. The Labute approximate surface area is 158 Å². The van der Waals surface area contributed by atoms with Crippen LogP contribution < -0.4 is 10.3 Å². The zero-order valence-electron chi connectivity index (χ0n) is 15.0. The van der Waals surface area contributed by atoms with Crippen molar-refractivity contribution >= 4 is 22.2 Å². The molecule has 0 unspecified atom stereocenters. The molecule has 0 bridgehead atoms. The van der Waals surface area contributed by atoms with Crippen LogP contribution in [0.15, 0.2) is 29.1 Å². The van der Waals surface area contributed by atoms with Crippen molar-refractivity contribution in [3.05, 3.63) is 57.4 Å². The maximum absolute atomic E-state index is 12.6. The second kappa shape index (κ2) is 6.49. The van der Waals surface area contributed by atoms with Gasteiger partial charge in [0.15, 0.2) is 22.7 Å². The van der Waals surface area contributed by atoms with Crippen molar-refractivity contribution in [2.45, 2.75) is 13.5 Å². The molecule has 0 amide bonds. The standard InChI is InChI=1S/C19H13N7O2/c1-10-22-17-15(19(27)23-10)16-18(25-14(8-21)13(7-20)24-16)26(17)9-11-3-5-12(28-2)6-4-11/h3-6H,9H2,1-2H3,(H,22,23,27). The average molecular weight is 371 g/mol. The lowest BCUT2D eigenvalue weighted by atomic mass is 10.2. The maximum atomic E-state index is 12.6. The van der Waals surface area contributed by atoms with E-state index in [1.807, 2.05) is 36.4 Å². The highest BCUT2D eigenvalue weighted by Gasteiger charge is 2.21. The first kappa shape index (κ1) is 17.2. The van der Waals surface area contributed by atoms with E-state index in [1.165, 1.54) is 0 Å². The molecule has 0 spiro atoms. The first-order valence-electron chi connectivity index (χ1n) is 8.29. The summed E-state index contributed by atoms with van der Waals surface area (Å²) in [5.74, 6) is 1.17. The molecule has 0 saturated carbocycles. The van der Waals surface area contributed by atoms with Crippen LogP contribution in [0.2, 0.25) is 0 Å². The Balaban J connectivity index is 2.05. The number of nitrogens with zero attached hydrogens (tertiary/aromatic N) is 6. The SMILES string of the molecule is COc1ccc(Cn2c3nc(C#N)c(C#N)nc3c3c(=O)[nH]c(C)nc32)cc1. The Bertz CT molecular complexity index is 1370. The average Bonchev–Trinajstić information content (AvgIpc) is 3.00. The number of methoxy groups -OCH3 is 1. The Morgan fingerprint density at radius 2 is 1.75 bits per heavy atom. The lowest BCUT2D eigenvalue weighted by molar-refractivity contribution is 0.414. The molecule has 0 saturated heterocycles. The number of ether oxygens (including phenoxy) is 1. The smallest absolute Gasteiger partial charge is 0.262 e. The normalized spacial score (nSPS) is 10.7. The quantitative estimate of drug-likeness (QED) is 0.580. The molecule has 4 rings (SSSR count). The van der Waals surface area contributed by atoms with E-state index in [4.69, 9.17) is 4.74 Å². The molecule has 0 atom stereocenters. The minimum absolute atomic E-state index is 0.0954. The summed E-state index contributed by atoms with van der Waals surface area (Å²) in [6, 6.07) is 11.2. The van der Waals surface area contributed by atoms with Crippen molar-refractivity contribution < 1.29 is 4.74 Å². The van der Waals surface area contributed by atoms with Crippen LogP contribution in [0.25, 0.3) is 22.2 Å². The summed E-state index contributed by atoms with van der Waals surface area (Å²) in [7, 11) is 1.59. The van der Waals surface area contributed by atoms with Crippen molar-refractivity contribution in [2.24, 2.45) is 0 Å². The van der Waals surface area contributed by atoms with E-state index in [-0.39, 0.29) is 27.9 Å². The minimum Gasteiger partial charge on any atom is -0.497 e. The number of rotatable bonds is 3. The third-order valence-corrected chi connectivity index (χ3v) is 4.36. The van der Waals surface area contributed by atoms with E-state index < -0.39 is 0 Å². The fraction of sp³-hybridized carbons (Fsp3) is 0.158. The van der Waals surface area contributed by atoms with Crippen LogP contribution in [-0.4, -0.2) is 31.6 Å². The van der Waals surface area contributed by atoms with Crippen LogP contribution in [0, 0.1) is 29.6 Å². The molecular weight excluding hydrogens is 358 g/mol. The van der Waals surface area contributed by atoms with E-state index in [0.717, 1.165) is 11.3 Å². The first-order chi connectivity index (χ1) is 13.5. The van der Waals surface area contributed by atoms with Crippen LogP contribution >= 0.6 is 0 Å². The van der Waals surface area contributed by atoms with Gasteiger partial charge in [-0.1, -0.05) is 12.1 Å². The van der Waals surface area contributed by atoms with Crippen LogP contribution in [0.3, 0.4) is 0 Å². The topological polar surface area (TPSA) is 133 Å². The largest absolute Gasteiger partial charge is 0.497 e. The van der Waals surface area contributed by atoms with E-state index >= 15 is 0 Å². The number of hydrogen-bond acceptors (Lipinski definition) is 7. The summed E-state index contributed by atoms with van der Waals surface area (Å²) in [6.07, 6.45) is 0. The number of H-pyrrole nitrogens is 1. The van der Waals surface area contributed by atoms with Gasteiger partial charge in [0, 0.05) is 0 Å². The molecule has 0 fully saturated rings. The highest BCUT2D eigenvalue weighted by atomic mass is 16.5. The van der Waals surface area contributed by atoms with Gasteiger partial charge in [-0.3, -0.25) is 4.79 Å². The van der Waals surface area contributed by atoms with Gasteiger partial charge in [0.25, 0.3) is 5.56 Å². The number of nitriles is 2. The van der Waals surface area contributed by atoms with E-state index in [1.54, 1.807) is 18.6 Å². The van der Waals surface area contributed by atoms with E-state index in [9.17, 15) is 15.3 Å². The van der Waals surface area contributed by atoms with E-state index in [0.29, 0.717) is 23.7 Å². The summed E-state index contributed by atoms with van der Waals surface area (Å²) in [4.78, 5) is 28.2. The molecular formula is C19H13N7O2. The van der Waals surface area contributed by atoms with Crippen LogP contribution in [-0.2, 0) is 6.54 Å². The lowest BCUT2D eigenvalue weighted by Crippen LogP contribution is -2.11. The second-order valence-corrected chi connectivity index (χ2v) is 6.10. The number of aryl methyl sites for hydroxylation is 1. The molecule has 28 heavy (non-hydrogen) atoms. The summed E-state index contributed by atoms with van der Waals surface area (Å²) in [5.41, 5.74) is 1.29. The number of aromatic amines is 1. The number of benzene rings is 1. The van der Waals surface area contributed by atoms with Crippen molar-refractivity contribution in [3.63, 3.8) is 0 Å². The van der Waals surface area contributed by atoms with Gasteiger partial charge in [-0.2, -0.15) is 10.5 Å². The molecule has 0 aliphatic carbocycles. The molecule has 9 heteroatoms. The fourth-order valence-electron chi connectivity index (χ4n) is 3.08. The molecule has 3 heterocycles. The number of nitrogens with one attached hydrogen (secondary N) is 1. The van der Waals surface area contributed by atoms with Gasteiger partial charge in [0.05, 0.1) is 13.7 Å². The zero-order valence-corrected chi connectivity index (χ0v) is 15.0. The monoisotopic (exact) mass is 371 g/mol. The van der Waals surface area contributed by atoms with Crippen LogP contribution in [0.5, 0.6) is 5.75 Å². The predicted molar refractivity (Wildman–Crippen MR) is 99.7 cm³/mol. The molecule has 136 valence electrons. The molecule has 1 aromatic carbocycles. The molecule has 9 nitrogen and oxygen atoms in total. The number of fused-ring (bicyclic) bond motifs is 3. The molecule has 0 aliphatic rings.